The maximum absolute atomic E-state index is 12.5. The first-order chi connectivity index (χ1) is 8.33. The second kappa shape index (κ2) is 6.39. The molecule has 0 spiro atoms. The number of hydrogen-bond acceptors (Lipinski definition) is 2. The fourth-order valence-electron chi connectivity index (χ4n) is 3.31. The number of nitrogens with zero attached hydrogens (tertiary/aromatic N) is 1. The Morgan fingerprint density at radius 2 is 1.65 bits per heavy atom. The van der Waals surface area contributed by atoms with E-state index in [4.69, 9.17) is 5.73 Å². The third-order valence-electron chi connectivity index (χ3n) is 4.39. The molecule has 2 rings (SSSR count). The van der Waals surface area contributed by atoms with Gasteiger partial charge in [0.1, 0.15) is 0 Å². The predicted octanol–water partition coefficient (Wildman–Crippen LogP) is 2.30. The number of amides is 1. The molecule has 0 aromatic heterocycles. The zero-order valence-corrected chi connectivity index (χ0v) is 10.9. The van der Waals surface area contributed by atoms with Crippen LogP contribution < -0.4 is 5.73 Å². The molecule has 1 atom stereocenters. The minimum Gasteiger partial charge on any atom is -0.338 e. The highest BCUT2D eigenvalue weighted by Crippen LogP contribution is 2.27. The lowest BCUT2D eigenvalue weighted by Crippen LogP contribution is -2.43. The number of carbonyl (C=O) groups is 1. The number of hydrogen-bond donors (Lipinski definition) is 1. The van der Waals surface area contributed by atoms with E-state index in [-0.39, 0.29) is 0 Å². The Labute approximate surface area is 105 Å². The molecule has 1 saturated carbocycles. The molecule has 1 aliphatic heterocycles. The Balaban J connectivity index is 1.92. The van der Waals surface area contributed by atoms with Gasteiger partial charge in [-0.2, -0.15) is 0 Å². The van der Waals surface area contributed by atoms with Gasteiger partial charge in [-0.3, -0.25) is 4.79 Å². The van der Waals surface area contributed by atoms with Gasteiger partial charge < -0.3 is 10.6 Å². The fourth-order valence-corrected chi connectivity index (χ4v) is 3.31. The molecular formula is C14H26N2O. The highest BCUT2D eigenvalue weighted by molar-refractivity contribution is 5.79. The van der Waals surface area contributed by atoms with Gasteiger partial charge in [0, 0.05) is 25.0 Å². The highest BCUT2D eigenvalue weighted by atomic mass is 16.2. The van der Waals surface area contributed by atoms with E-state index >= 15 is 0 Å². The van der Waals surface area contributed by atoms with Gasteiger partial charge in [-0.05, 0) is 25.7 Å². The summed E-state index contributed by atoms with van der Waals surface area (Å²) in [5.74, 6) is 0.697. The monoisotopic (exact) mass is 238 g/mol. The molecule has 0 radical (unpaired) electrons. The zero-order valence-electron chi connectivity index (χ0n) is 10.9. The molecule has 98 valence electrons. The standard InChI is InChI=1S/C14H26N2O/c15-11-13-9-6-10-16(13)14(17)12-7-4-2-1-3-5-8-12/h12-13H,1-11,15H2. The average molecular weight is 238 g/mol. The molecule has 3 nitrogen and oxygen atoms in total. The third-order valence-corrected chi connectivity index (χ3v) is 4.39. The first-order valence-corrected chi connectivity index (χ1v) is 7.33. The summed E-state index contributed by atoms with van der Waals surface area (Å²) in [6, 6.07) is 0.327. The molecular weight excluding hydrogens is 212 g/mol. The smallest absolute Gasteiger partial charge is 0.225 e. The molecule has 1 amide bonds. The Kier molecular flexibility index (Phi) is 4.84. The second-order valence-electron chi connectivity index (χ2n) is 5.61. The Morgan fingerprint density at radius 3 is 2.29 bits per heavy atom. The number of nitrogens with two attached hydrogens (primary N) is 1. The van der Waals surface area contributed by atoms with Crippen LogP contribution in [0.25, 0.3) is 0 Å². The van der Waals surface area contributed by atoms with Gasteiger partial charge >= 0.3 is 0 Å². The summed E-state index contributed by atoms with van der Waals surface area (Å²) in [4.78, 5) is 14.6. The molecule has 2 aliphatic rings. The van der Waals surface area contributed by atoms with E-state index < -0.39 is 0 Å². The van der Waals surface area contributed by atoms with Crippen LogP contribution in [0.2, 0.25) is 0 Å². The molecule has 0 aromatic carbocycles. The lowest BCUT2D eigenvalue weighted by Gasteiger charge is -2.29. The number of carbonyl (C=O) groups excluding carboxylic acids is 1. The fraction of sp³-hybridized carbons (Fsp3) is 0.929. The Morgan fingerprint density at radius 1 is 1.00 bits per heavy atom. The van der Waals surface area contributed by atoms with E-state index in [2.05, 4.69) is 4.90 Å². The van der Waals surface area contributed by atoms with Crippen LogP contribution in [-0.2, 0) is 4.79 Å². The van der Waals surface area contributed by atoms with Gasteiger partial charge in [-0.15, -0.1) is 0 Å². The van der Waals surface area contributed by atoms with Crippen molar-refractivity contribution < 1.29 is 4.79 Å². The van der Waals surface area contributed by atoms with Crippen LogP contribution in [0.4, 0.5) is 0 Å². The molecule has 0 bridgehead atoms. The largest absolute Gasteiger partial charge is 0.338 e. The van der Waals surface area contributed by atoms with Crippen LogP contribution in [0, 0.1) is 5.92 Å². The van der Waals surface area contributed by atoms with Crippen LogP contribution in [0.5, 0.6) is 0 Å². The van der Waals surface area contributed by atoms with E-state index in [9.17, 15) is 4.79 Å². The van der Waals surface area contributed by atoms with Crippen molar-refractivity contribution in [2.45, 2.75) is 63.8 Å². The van der Waals surface area contributed by atoms with Crippen molar-refractivity contribution in [3.63, 3.8) is 0 Å². The summed E-state index contributed by atoms with van der Waals surface area (Å²) in [6.45, 7) is 1.58. The number of rotatable bonds is 2. The average Bonchev–Trinajstić information content (AvgIpc) is 2.75. The highest BCUT2D eigenvalue weighted by Gasteiger charge is 2.31. The van der Waals surface area contributed by atoms with Crippen molar-refractivity contribution in [3.8, 4) is 0 Å². The topological polar surface area (TPSA) is 46.3 Å². The molecule has 17 heavy (non-hydrogen) atoms. The first-order valence-electron chi connectivity index (χ1n) is 7.33. The van der Waals surface area contributed by atoms with Crippen LogP contribution >= 0.6 is 0 Å². The van der Waals surface area contributed by atoms with Gasteiger partial charge in [-0.1, -0.05) is 32.1 Å². The van der Waals surface area contributed by atoms with Gasteiger partial charge in [0.2, 0.25) is 5.91 Å². The molecule has 2 N–H and O–H groups in total. The lowest BCUT2D eigenvalue weighted by atomic mass is 9.90. The minimum absolute atomic E-state index is 0.294. The van der Waals surface area contributed by atoms with Crippen molar-refractivity contribution in [1.82, 2.24) is 4.90 Å². The third kappa shape index (κ3) is 3.21. The number of likely N-dealkylation sites (tertiary alicyclic amines) is 1. The van der Waals surface area contributed by atoms with E-state index in [0.717, 1.165) is 32.2 Å². The molecule has 0 aromatic rings. The van der Waals surface area contributed by atoms with Crippen molar-refractivity contribution in [2.75, 3.05) is 13.1 Å². The maximum atomic E-state index is 12.5. The Bertz CT molecular complexity index is 247. The van der Waals surface area contributed by atoms with E-state index in [1.165, 1.54) is 32.1 Å². The minimum atomic E-state index is 0.294. The quantitative estimate of drug-likeness (QED) is 0.802. The van der Waals surface area contributed by atoms with Crippen molar-refractivity contribution in [2.24, 2.45) is 11.7 Å². The maximum Gasteiger partial charge on any atom is 0.225 e. The van der Waals surface area contributed by atoms with Crippen LogP contribution in [-0.4, -0.2) is 29.9 Å². The molecule has 1 heterocycles. The summed E-state index contributed by atoms with van der Waals surface area (Å²) < 4.78 is 0. The van der Waals surface area contributed by atoms with E-state index in [0.29, 0.717) is 24.4 Å². The SMILES string of the molecule is NCC1CCCN1C(=O)C1CCCCCCC1. The Hall–Kier alpha value is -0.570. The summed E-state index contributed by atoms with van der Waals surface area (Å²) >= 11 is 0. The predicted molar refractivity (Wildman–Crippen MR) is 69.6 cm³/mol. The second-order valence-corrected chi connectivity index (χ2v) is 5.61. The molecule has 1 aliphatic carbocycles. The molecule has 2 fully saturated rings. The van der Waals surface area contributed by atoms with Gasteiger partial charge in [0.25, 0.3) is 0 Å². The van der Waals surface area contributed by atoms with E-state index in [1.807, 2.05) is 0 Å². The van der Waals surface area contributed by atoms with Gasteiger partial charge in [-0.25, -0.2) is 0 Å². The first kappa shape index (κ1) is 12.9. The van der Waals surface area contributed by atoms with Crippen molar-refractivity contribution >= 4 is 5.91 Å². The van der Waals surface area contributed by atoms with Crippen molar-refractivity contribution in [3.05, 3.63) is 0 Å². The summed E-state index contributed by atoms with van der Waals surface area (Å²) in [7, 11) is 0. The molecule has 1 saturated heterocycles. The van der Waals surface area contributed by atoms with Crippen LogP contribution in [0.3, 0.4) is 0 Å². The summed E-state index contributed by atoms with van der Waals surface area (Å²) in [5, 5.41) is 0. The zero-order chi connectivity index (χ0) is 12.1. The van der Waals surface area contributed by atoms with Gasteiger partial charge in [0.15, 0.2) is 0 Å². The molecule has 1 unspecified atom stereocenters. The van der Waals surface area contributed by atoms with E-state index in [1.54, 1.807) is 0 Å². The lowest BCUT2D eigenvalue weighted by molar-refractivity contribution is -0.136. The van der Waals surface area contributed by atoms with Crippen LogP contribution in [0.1, 0.15) is 57.8 Å². The normalized spacial score (nSPS) is 27.8. The van der Waals surface area contributed by atoms with Crippen molar-refractivity contribution in [1.29, 1.82) is 0 Å². The molecule has 3 heteroatoms. The summed E-state index contributed by atoms with van der Waals surface area (Å²) in [6.07, 6.45) is 10.9. The summed E-state index contributed by atoms with van der Waals surface area (Å²) in [5.41, 5.74) is 5.75. The van der Waals surface area contributed by atoms with Crippen LogP contribution in [0.15, 0.2) is 0 Å². The van der Waals surface area contributed by atoms with Gasteiger partial charge in [0.05, 0.1) is 0 Å².